The summed E-state index contributed by atoms with van der Waals surface area (Å²) in [4.78, 5) is 31.4. The van der Waals surface area contributed by atoms with Crippen LogP contribution in [-0.4, -0.2) is 46.6 Å². The third kappa shape index (κ3) is 3.97. The van der Waals surface area contributed by atoms with Crippen LogP contribution in [0.1, 0.15) is 30.3 Å². The Bertz CT molecular complexity index is 813. The summed E-state index contributed by atoms with van der Waals surface area (Å²) >= 11 is 0. The molecular weight excluding hydrogens is 346 g/mol. The summed E-state index contributed by atoms with van der Waals surface area (Å²) in [7, 11) is 2.95. The maximum Gasteiger partial charge on any atom is 0.329 e. The fraction of sp³-hybridized carbons (Fsp3) is 0.450. The number of carbonyl (C=O) groups excluding carboxylic acids is 2. The van der Waals surface area contributed by atoms with Crippen molar-refractivity contribution in [3.8, 4) is 5.75 Å². The van der Waals surface area contributed by atoms with Gasteiger partial charge in [0.1, 0.15) is 11.8 Å². The van der Waals surface area contributed by atoms with Crippen LogP contribution in [-0.2, 0) is 40.3 Å². The largest absolute Gasteiger partial charge is 0.497 e. The molecule has 1 unspecified atom stereocenters. The Balaban J connectivity index is 1.83. The summed E-state index contributed by atoms with van der Waals surface area (Å²) in [5.41, 5.74) is 2.74. The second-order valence-corrected chi connectivity index (χ2v) is 6.62. The maximum atomic E-state index is 13.0. The summed E-state index contributed by atoms with van der Waals surface area (Å²) in [6.07, 6.45) is 3.37. The van der Waals surface area contributed by atoms with Gasteiger partial charge in [0.05, 0.1) is 44.9 Å². The number of esters is 1. The van der Waals surface area contributed by atoms with E-state index in [9.17, 15) is 9.59 Å². The number of aryl methyl sites for hydroxylation is 1. The molecule has 1 aliphatic rings. The van der Waals surface area contributed by atoms with Crippen molar-refractivity contribution in [2.45, 2.75) is 45.3 Å². The van der Waals surface area contributed by atoms with Crippen molar-refractivity contribution in [1.29, 1.82) is 0 Å². The molecule has 2 heterocycles. The van der Waals surface area contributed by atoms with Crippen LogP contribution in [0, 0.1) is 0 Å². The fourth-order valence-electron chi connectivity index (χ4n) is 3.43. The van der Waals surface area contributed by atoms with Gasteiger partial charge < -0.3 is 18.9 Å². The van der Waals surface area contributed by atoms with Crippen molar-refractivity contribution in [2.24, 2.45) is 0 Å². The van der Waals surface area contributed by atoms with Crippen LogP contribution < -0.4 is 4.74 Å². The number of nitrogens with zero attached hydrogens (tertiary/aromatic N) is 3. The molecule has 7 heteroatoms. The van der Waals surface area contributed by atoms with Crippen LogP contribution in [0.4, 0.5) is 0 Å². The predicted octanol–water partition coefficient (Wildman–Crippen LogP) is 1.97. The van der Waals surface area contributed by atoms with Gasteiger partial charge in [-0.1, -0.05) is 19.1 Å². The molecule has 0 saturated heterocycles. The molecule has 1 aromatic heterocycles. The molecule has 3 rings (SSSR count). The minimum atomic E-state index is -0.641. The van der Waals surface area contributed by atoms with Gasteiger partial charge in [0.15, 0.2) is 0 Å². The fourth-order valence-corrected chi connectivity index (χ4v) is 3.43. The van der Waals surface area contributed by atoms with Crippen molar-refractivity contribution in [1.82, 2.24) is 14.5 Å². The smallest absolute Gasteiger partial charge is 0.329 e. The van der Waals surface area contributed by atoms with E-state index in [0.29, 0.717) is 13.0 Å². The average Bonchev–Trinajstić information content (AvgIpc) is 3.09. The Labute approximate surface area is 158 Å². The number of aromatic nitrogens is 2. The molecule has 1 aromatic carbocycles. The van der Waals surface area contributed by atoms with Gasteiger partial charge in [0.25, 0.3) is 0 Å². The summed E-state index contributed by atoms with van der Waals surface area (Å²) < 4.78 is 12.2. The van der Waals surface area contributed by atoms with Crippen molar-refractivity contribution >= 4 is 11.9 Å². The lowest BCUT2D eigenvalue weighted by Crippen LogP contribution is -2.50. The first-order valence-corrected chi connectivity index (χ1v) is 9.10. The summed E-state index contributed by atoms with van der Waals surface area (Å²) in [5, 5.41) is 0. The molecule has 1 amide bonds. The third-order valence-electron chi connectivity index (χ3n) is 4.89. The van der Waals surface area contributed by atoms with Gasteiger partial charge in [-0.05, 0) is 24.1 Å². The second kappa shape index (κ2) is 8.24. The van der Waals surface area contributed by atoms with Crippen LogP contribution in [0.3, 0.4) is 0 Å². The van der Waals surface area contributed by atoms with E-state index in [2.05, 4.69) is 16.5 Å². The number of fused-ring (bicyclic) bond motifs is 1. The topological polar surface area (TPSA) is 73.7 Å². The van der Waals surface area contributed by atoms with E-state index in [1.165, 1.54) is 7.11 Å². The first-order chi connectivity index (χ1) is 13.1. The first kappa shape index (κ1) is 18.9. The predicted molar refractivity (Wildman–Crippen MR) is 99.3 cm³/mol. The molecule has 1 atom stereocenters. The van der Waals surface area contributed by atoms with Crippen LogP contribution >= 0.6 is 0 Å². The normalized spacial score (nSPS) is 16.0. The Hall–Kier alpha value is -2.83. The second-order valence-electron chi connectivity index (χ2n) is 6.62. The van der Waals surface area contributed by atoms with Crippen molar-refractivity contribution < 1.29 is 19.1 Å². The summed E-state index contributed by atoms with van der Waals surface area (Å²) in [6, 6.07) is 6.73. The highest BCUT2D eigenvalue weighted by atomic mass is 16.5. The molecule has 0 radical (unpaired) electrons. The van der Waals surface area contributed by atoms with Crippen LogP contribution in [0.5, 0.6) is 5.75 Å². The maximum absolute atomic E-state index is 13.0. The van der Waals surface area contributed by atoms with Crippen LogP contribution in [0.25, 0.3) is 0 Å². The highest BCUT2D eigenvalue weighted by Gasteiger charge is 2.37. The number of amides is 1. The van der Waals surface area contributed by atoms with Crippen LogP contribution in [0.15, 0.2) is 30.6 Å². The molecular formula is C20H25N3O4. The van der Waals surface area contributed by atoms with E-state index in [-0.39, 0.29) is 12.3 Å². The minimum absolute atomic E-state index is 0.106. The monoisotopic (exact) mass is 371 g/mol. The first-order valence-electron chi connectivity index (χ1n) is 9.10. The molecule has 7 nitrogen and oxygen atoms in total. The van der Waals surface area contributed by atoms with Crippen LogP contribution in [0.2, 0.25) is 0 Å². The summed E-state index contributed by atoms with van der Waals surface area (Å²) in [5.74, 6) is 0.226. The molecule has 0 N–H and O–H groups in total. The zero-order valence-electron chi connectivity index (χ0n) is 16.0. The number of hydrogen-bond donors (Lipinski definition) is 0. The van der Waals surface area contributed by atoms with E-state index in [1.54, 1.807) is 18.3 Å². The quantitative estimate of drug-likeness (QED) is 0.726. The molecule has 2 aromatic rings. The molecule has 1 aliphatic heterocycles. The highest BCUT2D eigenvalue weighted by Crippen LogP contribution is 2.25. The Morgan fingerprint density at radius 3 is 2.59 bits per heavy atom. The number of methoxy groups -OCH3 is 2. The van der Waals surface area contributed by atoms with Gasteiger partial charge in [0.2, 0.25) is 5.91 Å². The standard InChI is InChI=1S/C20H25N3O4/c1-4-9-22-13-21-16-11-17(20(25)27-3)23(12-18(16)22)19(24)10-14-5-7-15(26-2)8-6-14/h5-8,13,17H,4,9-12H2,1-3H3. The number of carbonyl (C=O) groups is 2. The molecule has 0 aliphatic carbocycles. The number of benzene rings is 1. The van der Waals surface area contributed by atoms with Gasteiger partial charge in [-0.3, -0.25) is 4.79 Å². The van der Waals surface area contributed by atoms with E-state index in [1.807, 2.05) is 24.3 Å². The molecule has 0 saturated carbocycles. The third-order valence-corrected chi connectivity index (χ3v) is 4.89. The zero-order valence-corrected chi connectivity index (χ0v) is 16.0. The lowest BCUT2D eigenvalue weighted by atomic mass is 10.0. The molecule has 144 valence electrons. The number of ether oxygens (including phenoxy) is 2. The van der Waals surface area contributed by atoms with E-state index >= 15 is 0 Å². The van der Waals surface area contributed by atoms with E-state index in [0.717, 1.165) is 35.7 Å². The van der Waals surface area contributed by atoms with Gasteiger partial charge >= 0.3 is 5.97 Å². The highest BCUT2D eigenvalue weighted by molar-refractivity contribution is 5.86. The number of hydrogen-bond acceptors (Lipinski definition) is 5. The van der Waals surface area contributed by atoms with Crippen molar-refractivity contribution in [3.63, 3.8) is 0 Å². The number of rotatable bonds is 6. The summed E-state index contributed by atoms with van der Waals surface area (Å²) in [6.45, 7) is 3.30. The Morgan fingerprint density at radius 2 is 1.96 bits per heavy atom. The Morgan fingerprint density at radius 1 is 1.22 bits per heavy atom. The average molecular weight is 371 g/mol. The molecule has 27 heavy (non-hydrogen) atoms. The lowest BCUT2D eigenvalue weighted by molar-refractivity contribution is -0.153. The minimum Gasteiger partial charge on any atom is -0.497 e. The van der Waals surface area contributed by atoms with E-state index < -0.39 is 12.0 Å². The van der Waals surface area contributed by atoms with Gasteiger partial charge in [-0.2, -0.15) is 0 Å². The molecule has 0 fully saturated rings. The SMILES string of the molecule is CCCn1cnc2c1CN(C(=O)Cc1ccc(OC)cc1)C(C(=O)OC)C2. The van der Waals surface area contributed by atoms with E-state index in [4.69, 9.17) is 9.47 Å². The van der Waals surface area contributed by atoms with Gasteiger partial charge in [-0.15, -0.1) is 0 Å². The zero-order chi connectivity index (χ0) is 19.4. The van der Waals surface area contributed by atoms with Gasteiger partial charge in [-0.25, -0.2) is 9.78 Å². The van der Waals surface area contributed by atoms with Crippen molar-refractivity contribution in [3.05, 3.63) is 47.5 Å². The molecule has 0 bridgehead atoms. The Kier molecular flexibility index (Phi) is 5.78. The van der Waals surface area contributed by atoms with Gasteiger partial charge in [0, 0.05) is 13.0 Å². The molecule has 0 spiro atoms. The number of imidazole rings is 1. The lowest BCUT2D eigenvalue weighted by Gasteiger charge is -2.34. The van der Waals surface area contributed by atoms with Crippen molar-refractivity contribution in [2.75, 3.05) is 14.2 Å².